The molecule has 0 spiro atoms. The van der Waals surface area contributed by atoms with Gasteiger partial charge in [-0.25, -0.2) is 4.98 Å². The molecule has 1 aliphatic carbocycles. The molecule has 0 saturated carbocycles. The maximum Gasteiger partial charge on any atom is 0.233 e. The molecule has 0 bridgehead atoms. The van der Waals surface area contributed by atoms with Crippen LogP contribution < -0.4 is 4.90 Å². The van der Waals surface area contributed by atoms with Crippen molar-refractivity contribution in [2.24, 2.45) is 0 Å². The third-order valence-corrected chi connectivity index (χ3v) is 11.9. The van der Waals surface area contributed by atoms with Gasteiger partial charge in [0.05, 0.1) is 11.0 Å². The molecule has 2 heterocycles. The van der Waals surface area contributed by atoms with Crippen molar-refractivity contribution in [3.8, 4) is 51.6 Å². The monoisotopic (exact) mass is 769 g/mol. The molecule has 0 aliphatic heterocycles. The Morgan fingerprint density at radius 3 is 1.72 bits per heavy atom. The Balaban J connectivity index is 0.988. The van der Waals surface area contributed by atoms with Crippen LogP contribution in [0.4, 0.5) is 17.1 Å². The third-order valence-electron chi connectivity index (χ3n) is 11.9. The molecule has 0 atom stereocenters. The highest BCUT2D eigenvalue weighted by Gasteiger charge is 2.37. The molecule has 0 saturated heterocycles. The Kier molecular flexibility index (Phi) is 8.35. The first-order valence-electron chi connectivity index (χ1n) is 20.4. The molecule has 0 unspecified atom stereocenters. The van der Waals surface area contributed by atoms with Crippen LogP contribution in [0.25, 0.3) is 61.5 Å². The van der Waals surface area contributed by atoms with E-state index in [9.17, 15) is 0 Å². The van der Waals surface area contributed by atoms with E-state index in [1.54, 1.807) is 0 Å². The molecule has 11 rings (SSSR count). The molecular formula is C56H39N3O. The van der Waals surface area contributed by atoms with E-state index >= 15 is 0 Å². The van der Waals surface area contributed by atoms with E-state index in [4.69, 9.17) is 9.40 Å². The fraction of sp³-hybridized carbons (Fsp3) is 0.0536. The highest BCUT2D eigenvalue weighted by molar-refractivity contribution is 6.11. The number of fused-ring (bicyclic) bond motifs is 6. The number of anilines is 3. The number of hydrogen-bond acceptors (Lipinski definition) is 3. The van der Waals surface area contributed by atoms with Crippen molar-refractivity contribution in [1.29, 1.82) is 0 Å². The Bertz CT molecular complexity index is 3220. The van der Waals surface area contributed by atoms with Crippen LogP contribution in [0.3, 0.4) is 0 Å². The second-order valence-corrected chi connectivity index (χ2v) is 15.9. The molecule has 10 aromatic rings. The number of nitrogens with zero attached hydrogens (tertiary/aromatic N) is 3. The summed E-state index contributed by atoms with van der Waals surface area (Å²) >= 11 is 0. The fourth-order valence-electron chi connectivity index (χ4n) is 8.88. The minimum atomic E-state index is -0.234. The summed E-state index contributed by atoms with van der Waals surface area (Å²) in [5, 5.41) is 2.36. The highest BCUT2D eigenvalue weighted by atomic mass is 16.4. The lowest BCUT2D eigenvalue weighted by molar-refractivity contribution is 0.554. The van der Waals surface area contributed by atoms with Crippen molar-refractivity contribution < 1.29 is 4.42 Å². The van der Waals surface area contributed by atoms with Gasteiger partial charge in [-0.2, -0.15) is 0 Å². The average molecular weight is 770 g/mol. The standard InChI is InChI=1S/C56H39N3O/c1-56(2)49-35-39(28-27-38-29-32-44(33-30-38)58(42-21-11-5-12-22-42)43-23-13-6-14-24-43)31-34-45(49)47-37-52-48(36-50(47)56)46-25-15-16-26-51(46)59(52)55-53(40-17-7-3-8-18-40)57-54(60-55)41-19-9-4-10-20-41/h3-26,29-37H,1-2H3. The van der Waals surface area contributed by atoms with Gasteiger partial charge in [-0.05, 0) is 113 Å². The van der Waals surface area contributed by atoms with Gasteiger partial charge in [0.2, 0.25) is 11.8 Å². The molecule has 284 valence electrons. The van der Waals surface area contributed by atoms with E-state index < -0.39 is 0 Å². The Hall–Kier alpha value is -7.87. The van der Waals surface area contributed by atoms with Gasteiger partial charge in [0.1, 0.15) is 5.69 Å². The van der Waals surface area contributed by atoms with E-state index in [-0.39, 0.29) is 5.41 Å². The first-order valence-corrected chi connectivity index (χ1v) is 20.4. The van der Waals surface area contributed by atoms with E-state index in [1.165, 1.54) is 33.0 Å². The van der Waals surface area contributed by atoms with Crippen molar-refractivity contribution in [3.63, 3.8) is 0 Å². The zero-order valence-corrected chi connectivity index (χ0v) is 33.3. The maximum absolute atomic E-state index is 6.82. The first kappa shape index (κ1) is 35.3. The molecule has 60 heavy (non-hydrogen) atoms. The average Bonchev–Trinajstić information content (AvgIpc) is 3.95. The van der Waals surface area contributed by atoms with Gasteiger partial charge < -0.3 is 9.32 Å². The first-order chi connectivity index (χ1) is 29.5. The van der Waals surface area contributed by atoms with E-state index in [0.29, 0.717) is 11.8 Å². The SMILES string of the molecule is CC1(C)c2cc(C#Cc3ccc(N(c4ccccc4)c4ccccc4)cc3)ccc2-c2cc3c(cc21)c1ccccc1n3-c1oc(-c2ccccc2)nc1-c1ccccc1. The number of benzene rings is 8. The van der Waals surface area contributed by atoms with Gasteiger partial charge in [0.25, 0.3) is 0 Å². The van der Waals surface area contributed by atoms with E-state index in [0.717, 1.165) is 56.0 Å². The molecule has 1 aliphatic rings. The van der Waals surface area contributed by atoms with E-state index in [2.05, 4.69) is 187 Å². The van der Waals surface area contributed by atoms with Gasteiger partial charge in [-0.3, -0.25) is 4.57 Å². The molecule has 4 heteroatoms. The molecule has 0 fully saturated rings. The molecular weight excluding hydrogens is 731 g/mol. The smallest absolute Gasteiger partial charge is 0.233 e. The van der Waals surface area contributed by atoms with Crippen molar-refractivity contribution in [3.05, 3.63) is 222 Å². The quantitative estimate of drug-likeness (QED) is 0.158. The van der Waals surface area contributed by atoms with Crippen molar-refractivity contribution >= 4 is 38.9 Å². The molecule has 2 aromatic heterocycles. The molecule has 8 aromatic carbocycles. The summed E-state index contributed by atoms with van der Waals surface area (Å²) in [6, 6.07) is 70.0. The number of aromatic nitrogens is 2. The topological polar surface area (TPSA) is 34.2 Å². The summed E-state index contributed by atoms with van der Waals surface area (Å²) in [6.45, 7) is 4.67. The van der Waals surface area contributed by atoms with Crippen molar-refractivity contribution in [2.75, 3.05) is 4.90 Å². The van der Waals surface area contributed by atoms with Gasteiger partial charge in [-0.15, -0.1) is 0 Å². The van der Waals surface area contributed by atoms with Crippen LogP contribution in [0.2, 0.25) is 0 Å². The predicted octanol–water partition coefficient (Wildman–Crippen LogP) is 14.3. The lowest BCUT2D eigenvalue weighted by atomic mass is 9.81. The fourth-order valence-corrected chi connectivity index (χ4v) is 8.88. The van der Waals surface area contributed by atoms with Crippen LogP contribution in [0.15, 0.2) is 205 Å². The third kappa shape index (κ3) is 5.91. The predicted molar refractivity (Wildman–Crippen MR) is 246 cm³/mol. The number of hydrogen-bond donors (Lipinski definition) is 0. The minimum Gasteiger partial charge on any atom is -0.419 e. The summed E-state index contributed by atoms with van der Waals surface area (Å²) in [7, 11) is 0. The number of para-hydroxylation sites is 3. The van der Waals surface area contributed by atoms with Crippen molar-refractivity contribution in [1.82, 2.24) is 9.55 Å². The van der Waals surface area contributed by atoms with Gasteiger partial charge in [0.15, 0.2) is 0 Å². The van der Waals surface area contributed by atoms with Gasteiger partial charge in [-0.1, -0.05) is 135 Å². The largest absolute Gasteiger partial charge is 0.419 e. The maximum atomic E-state index is 6.82. The molecule has 0 radical (unpaired) electrons. The normalized spacial score (nSPS) is 12.5. The summed E-state index contributed by atoms with van der Waals surface area (Å²) in [6.07, 6.45) is 0. The Labute approximate surface area is 349 Å². The van der Waals surface area contributed by atoms with Crippen LogP contribution in [-0.2, 0) is 5.41 Å². The van der Waals surface area contributed by atoms with Crippen LogP contribution in [0.1, 0.15) is 36.1 Å². The van der Waals surface area contributed by atoms with Gasteiger partial charge >= 0.3 is 0 Å². The molecule has 0 N–H and O–H groups in total. The van der Waals surface area contributed by atoms with Crippen LogP contribution in [-0.4, -0.2) is 9.55 Å². The summed E-state index contributed by atoms with van der Waals surface area (Å²) in [5.74, 6) is 8.25. The van der Waals surface area contributed by atoms with Crippen LogP contribution >= 0.6 is 0 Å². The zero-order chi connectivity index (χ0) is 40.2. The summed E-state index contributed by atoms with van der Waals surface area (Å²) in [5.41, 5.74) is 15.0. The second-order valence-electron chi connectivity index (χ2n) is 15.9. The Morgan fingerprint density at radius 1 is 0.483 bits per heavy atom. The summed E-state index contributed by atoms with van der Waals surface area (Å²) in [4.78, 5) is 7.40. The molecule has 4 nitrogen and oxygen atoms in total. The lowest BCUT2D eigenvalue weighted by Crippen LogP contribution is -2.15. The summed E-state index contributed by atoms with van der Waals surface area (Å²) < 4.78 is 9.08. The lowest BCUT2D eigenvalue weighted by Gasteiger charge is -2.25. The van der Waals surface area contributed by atoms with Gasteiger partial charge in [0, 0.05) is 55.5 Å². The Morgan fingerprint density at radius 2 is 1.03 bits per heavy atom. The second kappa shape index (κ2) is 14.2. The van der Waals surface area contributed by atoms with E-state index in [1.807, 2.05) is 48.5 Å². The number of oxazole rings is 1. The minimum absolute atomic E-state index is 0.234. The molecule has 0 amide bonds. The highest BCUT2D eigenvalue weighted by Crippen LogP contribution is 2.51. The number of rotatable bonds is 6. The van der Waals surface area contributed by atoms with Crippen LogP contribution in [0.5, 0.6) is 0 Å². The zero-order valence-electron chi connectivity index (χ0n) is 33.3. The van der Waals surface area contributed by atoms with Crippen LogP contribution in [0, 0.1) is 11.8 Å². The van der Waals surface area contributed by atoms with Crippen molar-refractivity contribution in [2.45, 2.75) is 19.3 Å².